The number of aromatic nitrogens is 2. The molecule has 1 amide bonds. The van der Waals surface area contributed by atoms with E-state index < -0.39 is 0 Å². The van der Waals surface area contributed by atoms with Crippen molar-refractivity contribution in [2.24, 2.45) is 5.92 Å². The molecule has 0 aliphatic carbocycles. The van der Waals surface area contributed by atoms with E-state index in [2.05, 4.69) is 25.5 Å². The van der Waals surface area contributed by atoms with Crippen molar-refractivity contribution in [3.05, 3.63) is 36.0 Å². The highest BCUT2D eigenvalue weighted by atomic mass is 16.5. The summed E-state index contributed by atoms with van der Waals surface area (Å²) < 4.78 is 5.53. The van der Waals surface area contributed by atoms with E-state index >= 15 is 0 Å². The summed E-state index contributed by atoms with van der Waals surface area (Å²) in [6.45, 7) is 6.70. The van der Waals surface area contributed by atoms with Crippen LogP contribution in [0.3, 0.4) is 0 Å². The van der Waals surface area contributed by atoms with Crippen LogP contribution in [0.1, 0.15) is 44.6 Å². The monoisotopic (exact) mass is 494 g/mol. The van der Waals surface area contributed by atoms with Gasteiger partial charge < -0.3 is 20.3 Å². The second kappa shape index (κ2) is 12.7. The lowest BCUT2D eigenvalue weighted by atomic mass is 9.97. The molecule has 36 heavy (non-hydrogen) atoms. The largest absolute Gasteiger partial charge is 0.496 e. The molecule has 1 aromatic heterocycles. The van der Waals surface area contributed by atoms with E-state index in [0.717, 1.165) is 68.4 Å². The van der Waals surface area contributed by atoms with Gasteiger partial charge in [-0.1, -0.05) is 0 Å². The van der Waals surface area contributed by atoms with Gasteiger partial charge >= 0.3 is 0 Å². The summed E-state index contributed by atoms with van der Waals surface area (Å²) in [5.74, 6) is 3.00. The summed E-state index contributed by atoms with van der Waals surface area (Å²) in [5, 5.41) is 6.70. The highest BCUT2D eigenvalue weighted by Gasteiger charge is 2.20. The van der Waals surface area contributed by atoms with E-state index in [4.69, 9.17) is 4.74 Å². The number of carbonyl (C=O) groups excluding carboxylic acids is 2. The molecular weight excluding hydrogens is 456 g/mol. The van der Waals surface area contributed by atoms with Crippen LogP contribution in [0.5, 0.6) is 5.75 Å². The topological polar surface area (TPSA) is 99.7 Å². The minimum absolute atomic E-state index is 0.156. The van der Waals surface area contributed by atoms with Gasteiger partial charge in [0.2, 0.25) is 11.9 Å². The lowest BCUT2D eigenvalue weighted by molar-refractivity contribution is -0.130. The van der Waals surface area contributed by atoms with Crippen molar-refractivity contribution < 1.29 is 14.3 Å². The standard InChI is InChI=1S/C27H38N6O3/c1-20(34)33-15-10-21(11-16-33)18-29-26-9-12-28-27(31-26)30-23-6-8-25(36-2)22(17-23)5-7-24(35)19-32-13-3-4-14-32/h6,8-9,12,17,21H,3-5,7,10-11,13-16,18-19H2,1-2H3,(H2,28,29,30,31). The Morgan fingerprint density at radius 2 is 1.89 bits per heavy atom. The zero-order valence-electron chi connectivity index (χ0n) is 21.5. The average molecular weight is 495 g/mol. The molecule has 2 aliphatic heterocycles. The number of amides is 1. The van der Waals surface area contributed by atoms with Gasteiger partial charge in [-0.25, -0.2) is 4.98 Å². The number of rotatable bonds is 11. The number of Topliss-reactive ketones (excluding diaryl/α,β-unsaturated/α-hetero) is 1. The lowest BCUT2D eigenvalue weighted by Crippen LogP contribution is -2.38. The lowest BCUT2D eigenvalue weighted by Gasteiger charge is -2.31. The summed E-state index contributed by atoms with van der Waals surface area (Å²) >= 11 is 0. The number of carbonyl (C=O) groups is 2. The van der Waals surface area contributed by atoms with E-state index in [-0.39, 0.29) is 11.7 Å². The zero-order valence-corrected chi connectivity index (χ0v) is 21.5. The predicted octanol–water partition coefficient (Wildman–Crippen LogP) is 3.50. The molecule has 2 saturated heterocycles. The van der Waals surface area contributed by atoms with Gasteiger partial charge in [0, 0.05) is 44.9 Å². The van der Waals surface area contributed by atoms with Crippen molar-refractivity contribution in [3.8, 4) is 5.75 Å². The van der Waals surface area contributed by atoms with Crippen molar-refractivity contribution in [1.29, 1.82) is 0 Å². The Morgan fingerprint density at radius 3 is 2.61 bits per heavy atom. The molecule has 0 atom stereocenters. The summed E-state index contributed by atoms with van der Waals surface area (Å²) in [4.78, 5) is 37.1. The molecule has 9 nitrogen and oxygen atoms in total. The van der Waals surface area contributed by atoms with Crippen LogP contribution in [0.15, 0.2) is 30.5 Å². The third-order valence-corrected chi connectivity index (χ3v) is 7.10. The first-order valence-electron chi connectivity index (χ1n) is 13.0. The van der Waals surface area contributed by atoms with Crippen molar-refractivity contribution in [2.45, 2.75) is 45.4 Å². The van der Waals surface area contributed by atoms with Crippen molar-refractivity contribution in [2.75, 3.05) is 57.0 Å². The molecule has 2 aliphatic rings. The molecule has 0 saturated carbocycles. The first-order chi connectivity index (χ1) is 17.5. The van der Waals surface area contributed by atoms with Crippen LogP contribution in [0.25, 0.3) is 0 Å². The van der Waals surface area contributed by atoms with Crippen LogP contribution in [0.4, 0.5) is 17.5 Å². The van der Waals surface area contributed by atoms with E-state index in [1.807, 2.05) is 29.2 Å². The van der Waals surface area contributed by atoms with Crippen LogP contribution >= 0.6 is 0 Å². The Kier molecular flexibility index (Phi) is 9.11. The minimum atomic E-state index is 0.156. The van der Waals surface area contributed by atoms with E-state index in [1.165, 1.54) is 12.8 Å². The molecule has 0 unspecified atom stereocenters. The van der Waals surface area contributed by atoms with Gasteiger partial charge in [0.1, 0.15) is 17.4 Å². The molecule has 4 rings (SSSR count). The SMILES string of the molecule is COc1ccc(Nc2nccc(NCC3CCN(C(C)=O)CC3)n2)cc1CCC(=O)CN1CCCC1. The highest BCUT2D eigenvalue weighted by Crippen LogP contribution is 2.26. The van der Waals surface area contributed by atoms with Gasteiger partial charge in [-0.05, 0) is 80.9 Å². The van der Waals surface area contributed by atoms with Gasteiger partial charge in [-0.2, -0.15) is 4.98 Å². The van der Waals surface area contributed by atoms with Gasteiger partial charge in [0.15, 0.2) is 0 Å². The molecule has 1 aromatic carbocycles. The molecule has 9 heteroatoms. The number of aryl methyl sites for hydroxylation is 1. The Hall–Kier alpha value is -3.20. The summed E-state index contributed by atoms with van der Waals surface area (Å²) in [7, 11) is 1.65. The normalized spacial score (nSPS) is 16.7. The van der Waals surface area contributed by atoms with Gasteiger partial charge in [-0.3, -0.25) is 14.5 Å². The van der Waals surface area contributed by atoms with Crippen LogP contribution in [0, 0.1) is 5.92 Å². The van der Waals surface area contributed by atoms with E-state index in [0.29, 0.717) is 31.3 Å². The van der Waals surface area contributed by atoms with Crippen molar-refractivity contribution in [3.63, 3.8) is 0 Å². The van der Waals surface area contributed by atoms with E-state index in [9.17, 15) is 9.59 Å². The van der Waals surface area contributed by atoms with Crippen LogP contribution < -0.4 is 15.4 Å². The Bertz CT molecular complexity index is 1030. The smallest absolute Gasteiger partial charge is 0.229 e. The third-order valence-electron chi connectivity index (χ3n) is 7.10. The minimum Gasteiger partial charge on any atom is -0.496 e. The summed E-state index contributed by atoms with van der Waals surface area (Å²) in [6.07, 6.45) is 7.24. The number of likely N-dealkylation sites (tertiary alicyclic amines) is 2. The molecule has 0 spiro atoms. The summed E-state index contributed by atoms with van der Waals surface area (Å²) in [6, 6.07) is 7.72. The number of methoxy groups -OCH3 is 1. The maximum atomic E-state index is 12.5. The van der Waals surface area contributed by atoms with E-state index in [1.54, 1.807) is 20.2 Å². The number of nitrogens with zero attached hydrogens (tertiary/aromatic N) is 4. The first kappa shape index (κ1) is 25.9. The predicted molar refractivity (Wildman–Crippen MR) is 141 cm³/mol. The van der Waals surface area contributed by atoms with Crippen molar-refractivity contribution >= 4 is 29.1 Å². The summed E-state index contributed by atoms with van der Waals surface area (Å²) in [5.41, 5.74) is 1.84. The molecule has 2 N–H and O–H groups in total. The number of benzene rings is 1. The van der Waals surface area contributed by atoms with Gasteiger partial charge in [0.25, 0.3) is 0 Å². The molecular formula is C27H38N6O3. The van der Waals surface area contributed by atoms with Crippen LogP contribution in [-0.2, 0) is 16.0 Å². The molecule has 194 valence electrons. The molecule has 0 radical (unpaired) electrons. The molecule has 0 bridgehead atoms. The van der Waals surface area contributed by atoms with Crippen LogP contribution in [0.2, 0.25) is 0 Å². The van der Waals surface area contributed by atoms with Gasteiger partial charge in [-0.15, -0.1) is 0 Å². The highest BCUT2D eigenvalue weighted by molar-refractivity contribution is 5.81. The fourth-order valence-corrected chi connectivity index (χ4v) is 4.94. The number of ketones is 1. The van der Waals surface area contributed by atoms with Gasteiger partial charge in [0.05, 0.1) is 13.7 Å². The number of hydrogen-bond acceptors (Lipinski definition) is 8. The zero-order chi connectivity index (χ0) is 25.3. The molecule has 2 fully saturated rings. The maximum Gasteiger partial charge on any atom is 0.229 e. The number of hydrogen-bond donors (Lipinski definition) is 2. The third kappa shape index (κ3) is 7.40. The first-order valence-corrected chi connectivity index (χ1v) is 13.0. The quantitative estimate of drug-likeness (QED) is 0.490. The fourth-order valence-electron chi connectivity index (χ4n) is 4.94. The number of ether oxygens (including phenoxy) is 1. The Labute approximate surface area is 213 Å². The Morgan fingerprint density at radius 1 is 1.11 bits per heavy atom. The second-order valence-electron chi connectivity index (χ2n) is 9.77. The fraction of sp³-hybridized carbons (Fsp3) is 0.556. The Balaban J connectivity index is 1.31. The molecule has 2 aromatic rings. The number of piperidine rings is 1. The average Bonchev–Trinajstić information content (AvgIpc) is 3.40. The number of anilines is 3. The maximum absolute atomic E-state index is 12.5. The van der Waals surface area contributed by atoms with Crippen LogP contribution in [-0.4, -0.2) is 77.8 Å². The second-order valence-corrected chi connectivity index (χ2v) is 9.77. The molecule has 3 heterocycles. The van der Waals surface area contributed by atoms with Crippen molar-refractivity contribution in [1.82, 2.24) is 19.8 Å². The number of nitrogens with one attached hydrogen (secondary N) is 2.